The summed E-state index contributed by atoms with van der Waals surface area (Å²) in [4.78, 5) is 17.0. The van der Waals surface area contributed by atoms with Crippen molar-refractivity contribution < 1.29 is 13.9 Å². The van der Waals surface area contributed by atoms with Crippen LogP contribution >= 0.6 is 11.8 Å². The number of para-hydroxylation sites is 1. The number of rotatable bonds is 8. The fourth-order valence-corrected chi connectivity index (χ4v) is 3.81. The van der Waals surface area contributed by atoms with Gasteiger partial charge in [-0.25, -0.2) is 4.98 Å². The number of fused-ring (bicyclic) bond motifs is 1. The number of thioether (sulfide) groups is 1. The molecule has 7 heteroatoms. The van der Waals surface area contributed by atoms with E-state index in [-0.39, 0.29) is 11.9 Å². The number of imidazole rings is 1. The van der Waals surface area contributed by atoms with Crippen LogP contribution in [0.4, 0.5) is 0 Å². The van der Waals surface area contributed by atoms with Crippen molar-refractivity contribution >= 4 is 28.6 Å². The number of ether oxygens (including phenoxy) is 1. The number of methoxy groups -OCH3 is 1. The molecule has 0 aliphatic carbocycles. The third-order valence-electron chi connectivity index (χ3n) is 4.52. The van der Waals surface area contributed by atoms with Crippen LogP contribution in [0.25, 0.3) is 11.0 Å². The third kappa shape index (κ3) is 4.54. The van der Waals surface area contributed by atoms with Gasteiger partial charge >= 0.3 is 0 Å². The van der Waals surface area contributed by atoms with Crippen molar-refractivity contribution in [2.24, 2.45) is 0 Å². The van der Waals surface area contributed by atoms with Crippen LogP contribution in [0, 0.1) is 13.8 Å². The zero-order chi connectivity index (χ0) is 19.4. The van der Waals surface area contributed by atoms with Gasteiger partial charge in [0.2, 0.25) is 5.91 Å². The average Bonchev–Trinajstić information content (AvgIpc) is 3.20. The van der Waals surface area contributed by atoms with E-state index >= 15 is 0 Å². The predicted molar refractivity (Wildman–Crippen MR) is 107 cm³/mol. The largest absolute Gasteiger partial charge is 0.459 e. The molecule has 144 valence electrons. The van der Waals surface area contributed by atoms with Crippen molar-refractivity contribution in [2.75, 3.05) is 19.5 Å². The summed E-state index contributed by atoms with van der Waals surface area (Å²) in [5.74, 6) is 1.00. The molecule has 1 atom stereocenters. The first-order valence-corrected chi connectivity index (χ1v) is 9.91. The summed E-state index contributed by atoms with van der Waals surface area (Å²) in [5.41, 5.74) is 2.91. The Morgan fingerprint density at radius 2 is 2.15 bits per heavy atom. The predicted octanol–water partition coefficient (Wildman–Crippen LogP) is 3.86. The van der Waals surface area contributed by atoms with Crippen LogP contribution in [0.15, 0.2) is 39.9 Å². The van der Waals surface area contributed by atoms with Gasteiger partial charge in [0, 0.05) is 24.7 Å². The van der Waals surface area contributed by atoms with E-state index in [0.717, 1.165) is 39.8 Å². The summed E-state index contributed by atoms with van der Waals surface area (Å²) < 4.78 is 13.1. The fourth-order valence-electron chi connectivity index (χ4n) is 2.88. The van der Waals surface area contributed by atoms with Crippen LogP contribution in [0.5, 0.6) is 0 Å². The zero-order valence-corrected chi connectivity index (χ0v) is 16.9. The lowest BCUT2D eigenvalue weighted by atomic mass is 10.2. The number of amides is 1. The highest BCUT2D eigenvalue weighted by atomic mass is 32.2. The van der Waals surface area contributed by atoms with Gasteiger partial charge in [0.1, 0.15) is 11.3 Å². The van der Waals surface area contributed by atoms with E-state index in [0.29, 0.717) is 12.4 Å². The van der Waals surface area contributed by atoms with Crippen molar-refractivity contribution in [3.8, 4) is 0 Å². The Labute approximate surface area is 163 Å². The summed E-state index contributed by atoms with van der Waals surface area (Å²) in [6.07, 6.45) is 0. The van der Waals surface area contributed by atoms with Crippen LogP contribution in [-0.2, 0) is 16.1 Å². The second-order valence-corrected chi connectivity index (χ2v) is 7.42. The van der Waals surface area contributed by atoms with E-state index in [9.17, 15) is 4.79 Å². The van der Waals surface area contributed by atoms with Crippen molar-refractivity contribution in [3.05, 3.63) is 47.5 Å². The molecule has 3 rings (SSSR count). The Morgan fingerprint density at radius 3 is 2.89 bits per heavy atom. The average molecular weight is 388 g/mol. The van der Waals surface area contributed by atoms with Gasteiger partial charge in [0.25, 0.3) is 0 Å². The quantitative estimate of drug-likeness (QED) is 0.594. The minimum atomic E-state index is -0.192. The van der Waals surface area contributed by atoms with Gasteiger partial charge in [-0.3, -0.25) is 4.79 Å². The maximum Gasteiger partial charge on any atom is 0.231 e. The highest BCUT2D eigenvalue weighted by Crippen LogP contribution is 2.24. The number of nitrogens with zero attached hydrogens (tertiary/aromatic N) is 2. The molecule has 2 aromatic heterocycles. The Morgan fingerprint density at radius 1 is 1.37 bits per heavy atom. The second-order valence-electron chi connectivity index (χ2n) is 6.47. The standard InChI is InChI=1S/C20H25N3O3S/c1-13-15(3)23(9-10-25-4)20(22-13)27-12-19(24)21-14(2)18-11-16-7-5-6-8-17(16)26-18/h5-8,11,14H,9-10,12H2,1-4H3,(H,21,24)/t14-/m1/s1. The third-order valence-corrected chi connectivity index (χ3v) is 5.50. The van der Waals surface area contributed by atoms with Crippen molar-refractivity contribution in [2.45, 2.75) is 38.5 Å². The number of furan rings is 1. The number of aryl methyl sites for hydroxylation is 1. The number of hydrogen-bond acceptors (Lipinski definition) is 5. The van der Waals surface area contributed by atoms with Gasteiger partial charge in [-0.15, -0.1) is 0 Å². The van der Waals surface area contributed by atoms with Gasteiger partial charge in [0.15, 0.2) is 5.16 Å². The molecule has 0 bridgehead atoms. The second kappa shape index (κ2) is 8.63. The van der Waals surface area contributed by atoms with Crippen molar-refractivity contribution in [3.63, 3.8) is 0 Å². The van der Waals surface area contributed by atoms with Crippen LogP contribution in [0.2, 0.25) is 0 Å². The SMILES string of the molecule is COCCn1c(SCC(=O)N[C@H](C)c2cc3ccccc3o2)nc(C)c1C. The van der Waals surface area contributed by atoms with E-state index < -0.39 is 0 Å². The molecule has 1 N–H and O–H groups in total. The molecule has 2 heterocycles. The molecule has 0 saturated carbocycles. The normalized spacial score (nSPS) is 12.4. The van der Waals surface area contributed by atoms with E-state index in [1.165, 1.54) is 11.8 Å². The van der Waals surface area contributed by atoms with Crippen molar-refractivity contribution in [1.29, 1.82) is 0 Å². The van der Waals surface area contributed by atoms with Gasteiger partial charge in [0.05, 0.1) is 24.1 Å². The first-order chi connectivity index (χ1) is 13.0. The zero-order valence-electron chi connectivity index (χ0n) is 16.1. The van der Waals surface area contributed by atoms with Gasteiger partial charge < -0.3 is 19.0 Å². The molecule has 0 aliphatic heterocycles. The number of hydrogen-bond donors (Lipinski definition) is 1. The highest BCUT2D eigenvalue weighted by molar-refractivity contribution is 7.99. The van der Waals surface area contributed by atoms with Gasteiger partial charge in [-0.2, -0.15) is 0 Å². The lowest BCUT2D eigenvalue weighted by Crippen LogP contribution is -2.28. The van der Waals surface area contributed by atoms with E-state index in [2.05, 4.69) is 14.9 Å². The number of carbonyl (C=O) groups is 1. The fraction of sp³-hybridized carbons (Fsp3) is 0.400. The molecule has 1 aromatic carbocycles. The maximum absolute atomic E-state index is 12.4. The molecule has 27 heavy (non-hydrogen) atoms. The summed E-state index contributed by atoms with van der Waals surface area (Å²) in [6, 6.07) is 9.60. The monoisotopic (exact) mass is 387 g/mol. The molecule has 0 spiro atoms. The highest BCUT2D eigenvalue weighted by Gasteiger charge is 2.16. The first-order valence-electron chi connectivity index (χ1n) is 8.93. The molecule has 0 unspecified atom stereocenters. The van der Waals surface area contributed by atoms with Gasteiger partial charge in [-0.05, 0) is 32.9 Å². The molecular weight excluding hydrogens is 362 g/mol. The molecule has 3 aromatic rings. The molecule has 0 aliphatic rings. The number of nitrogens with one attached hydrogen (secondary N) is 1. The molecule has 6 nitrogen and oxygen atoms in total. The summed E-state index contributed by atoms with van der Waals surface area (Å²) in [7, 11) is 1.68. The lowest BCUT2D eigenvalue weighted by molar-refractivity contribution is -0.119. The van der Waals surface area contributed by atoms with Gasteiger partial charge in [-0.1, -0.05) is 30.0 Å². The minimum Gasteiger partial charge on any atom is -0.459 e. The Balaban J connectivity index is 1.60. The van der Waals surface area contributed by atoms with Crippen LogP contribution in [0.1, 0.15) is 30.1 Å². The molecule has 0 radical (unpaired) electrons. The lowest BCUT2D eigenvalue weighted by Gasteiger charge is -2.12. The van der Waals surface area contributed by atoms with E-state index in [1.54, 1.807) is 7.11 Å². The summed E-state index contributed by atoms with van der Waals surface area (Å²) >= 11 is 1.44. The number of benzene rings is 1. The van der Waals surface area contributed by atoms with E-state index in [1.807, 2.05) is 51.1 Å². The smallest absolute Gasteiger partial charge is 0.231 e. The summed E-state index contributed by atoms with van der Waals surface area (Å²) in [6.45, 7) is 7.27. The minimum absolute atomic E-state index is 0.0513. The van der Waals surface area contributed by atoms with Crippen LogP contribution in [0.3, 0.4) is 0 Å². The molecule has 1 amide bonds. The molecule has 0 fully saturated rings. The number of carbonyl (C=O) groups excluding carboxylic acids is 1. The number of aromatic nitrogens is 2. The molecular formula is C20H25N3O3S. The Hall–Kier alpha value is -2.25. The Kier molecular flexibility index (Phi) is 6.23. The molecule has 0 saturated heterocycles. The van der Waals surface area contributed by atoms with Crippen LogP contribution in [-0.4, -0.2) is 34.9 Å². The maximum atomic E-state index is 12.4. The van der Waals surface area contributed by atoms with Crippen LogP contribution < -0.4 is 5.32 Å². The van der Waals surface area contributed by atoms with Crippen molar-refractivity contribution in [1.82, 2.24) is 14.9 Å². The first kappa shape index (κ1) is 19.5. The van der Waals surface area contributed by atoms with E-state index in [4.69, 9.17) is 9.15 Å². The topological polar surface area (TPSA) is 69.3 Å². The summed E-state index contributed by atoms with van der Waals surface area (Å²) in [5, 5.41) is 4.87. The Bertz CT molecular complexity index is 899.